The first-order chi connectivity index (χ1) is 1.73. The van der Waals surface area contributed by atoms with Crippen LogP contribution in [0.15, 0.2) is 0 Å². The van der Waals surface area contributed by atoms with Crippen molar-refractivity contribution < 1.29 is 23.4 Å². The van der Waals surface area contributed by atoms with Crippen molar-refractivity contribution in [2.45, 2.75) is 6.92 Å². The Hall–Kier alpha value is 0.254. The first kappa shape index (κ1) is 8.98. The zero-order valence-electron chi connectivity index (χ0n) is 3.06. The number of hydrogen-bond acceptors (Lipinski definition) is 1. The molecule has 28 valence electrons. The Kier molecular flexibility index (Phi) is 7.64. The van der Waals surface area contributed by atoms with E-state index in [2.05, 4.69) is 6.92 Å². The van der Waals surface area contributed by atoms with Crippen LogP contribution in [0.2, 0.25) is 0 Å². The quantitative estimate of drug-likeness (QED) is 0.439. The minimum Gasteiger partial charge on any atom is -0.300 e. The summed E-state index contributed by atoms with van der Waals surface area (Å²) in [5.74, 6) is -0.0833. The Morgan fingerprint density at radius 2 is 1.80 bits per heavy atom. The number of carbonyl (C=O) groups excluding carboxylic acids is 1. The molecule has 0 aromatic carbocycles. The summed E-state index contributed by atoms with van der Waals surface area (Å²) in [5.41, 5.74) is 0. The van der Waals surface area contributed by atoms with Gasteiger partial charge in [0.1, 0.15) is 5.78 Å². The fourth-order valence-electron chi connectivity index (χ4n) is 0. The van der Waals surface area contributed by atoms with Crippen LogP contribution in [0, 0.1) is 6.92 Å². The maximum Gasteiger partial charge on any atom is 0.130 e. The number of rotatable bonds is 0. The summed E-state index contributed by atoms with van der Waals surface area (Å²) >= 11 is 0. The van der Waals surface area contributed by atoms with Crippen LogP contribution in [0.4, 0.5) is 0 Å². The minimum atomic E-state index is -0.0833. The summed E-state index contributed by atoms with van der Waals surface area (Å²) < 4.78 is 0. The van der Waals surface area contributed by atoms with Gasteiger partial charge in [-0.25, -0.2) is 0 Å². The van der Waals surface area contributed by atoms with Crippen molar-refractivity contribution in [1.29, 1.82) is 0 Å². The summed E-state index contributed by atoms with van der Waals surface area (Å²) in [6, 6.07) is 0. The second-order valence-electron chi connectivity index (χ2n) is 0.702. The molecule has 0 bridgehead atoms. The predicted molar refractivity (Wildman–Crippen MR) is 16.0 cm³/mol. The largest absolute Gasteiger partial charge is 0.300 e. The van der Waals surface area contributed by atoms with Gasteiger partial charge in [-0.15, -0.1) is 0 Å². The Balaban J connectivity index is 0. The van der Waals surface area contributed by atoms with Crippen LogP contribution in [0.1, 0.15) is 6.92 Å². The molecule has 1 nitrogen and oxygen atoms in total. The van der Waals surface area contributed by atoms with Crippen LogP contribution in [0.25, 0.3) is 0 Å². The number of hydrogen-bond donors (Lipinski definition) is 0. The molecule has 0 aromatic rings. The first-order valence-electron chi connectivity index (χ1n) is 1.06. The molecule has 2 radical (unpaired) electrons. The molecular formula is C3H5OV. The second kappa shape index (κ2) is 4.25. The van der Waals surface area contributed by atoms with Gasteiger partial charge in [0.15, 0.2) is 0 Å². The molecule has 0 rings (SSSR count). The van der Waals surface area contributed by atoms with Gasteiger partial charge >= 0.3 is 0 Å². The van der Waals surface area contributed by atoms with Crippen LogP contribution in [0.3, 0.4) is 0 Å². The molecule has 0 heterocycles. The van der Waals surface area contributed by atoms with E-state index in [0.29, 0.717) is 0 Å². The molecular weight excluding hydrogens is 103 g/mol. The fraction of sp³-hybridized carbons (Fsp3) is 0.333. The van der Waals surface area contributed by atoms with E-state index in [-0.39, 0.29) is 24.3 Å². The summed E-state index contributed by atoms with van der Waals surface area (Å²) in [7, 11) is 0. The van der Waals surface area contributed by atoms with Crippen molar-refractivity contribution in [2.75, 3.05) is 0 Å². The molecule has 0 spiro atoms. The van der Waals surface area contributed by atoms with Crippen molar-refractivity contribution in [3.05, 3.63) is 6.92 Å². The van der Waals surface area contributed by atoms with Crippen LogP contribution >= 0.6 is 0 Å². The maximum atomic E-state index is 9.33. The summed E-state index contributed by atoms with van der Waals surface area (Å²) in [5, 5.41) is 0. The van der Waals surface area contributed by atoms with Crippen molar-refractivity contribution >= 4 is 5.78 Å². The van der Waals surface area contributed by atoms with Crippen LogP contribution in [-0.2, 0) is 23.4 Å². The average Bonchev–Trinajstić information content (AvgIpc) is 0.811. The predicted octanol–water partition coefficient (Wildman–Crippen LogP) is 0.407. The van der Waals surface area contributed by atoms with Gasteiger partial charge in [-0.3, -0.25) is 0 Å². The zero-order valence-corrected chi connectivity index (χ0v) is 4.46. The van der Waals surface area contributed by atoms with E-state index >= 15 is 0 Å². The van der Waals surface area contributed by atoms with Crippen LogP contribution in [-0.4, -0.2) is 5.78 Å². The maximum absolute atomic E-state index is 9.33. The normalized spacial score (nSPS) is 5.20. The van der Waals surface area contributed by atoms with E-state index in [0.717, 1.165) is 0 Å². The second-order valence-corrected chi connectivity index (χ2v) is 0.702. The molecule has 0 saturated carbocycles. The third-order valence-corrected chi connectivity index (χ3v) is 0. The first-order valence-corrected chi connectivity index (χ1v) is 1.06. The van der Waals surface area contributed by atoms with E-state index in [9.17, 15) is 4.79 Å². The van der Waals surface area contributed by atoms with Gasteiger partial charge in [0, 0.05) is 25.5 Å². The molecule has 0 aliphatic heterocycles. The van der Waals surface area contributed by atoms with Gasteiger partial charge in [0.25, 0.3) is 0 Å². The Morgan fingerprint density at radius 1 is 1.80 bits per heavy atom. The molecule has 0 atom stereocenters. The van der Waals surface area contributed by atoms with Gasteiger partial charge in [-0.1, -0.05) is 0 Å². The third-order valence-electron chi connectivity index (χ3n) is 0. The standard InChI is InChI=1S/C3H5O.V/c1-3(2)4;/h1H2,2H3;. The minimum absolute atomic E-state index is 0. The SMILES string of the molecule is [CH2]C(C)=O.[V]. The van der Waals surface area contributed by atoms with E-state index in [1.807, 2.05) is 0 Å². The van der Waals surface area contributed by atoms with Crippen molar-refractivity contribution in [3.63, 3.8) is 0 Å². The van der Waals surface area contributed by atoms with Crippen LogP contribution < -0.4 is 0 Å². The molecule has 0 aromatic heterocycles. The zero-order chi connectivity index (χ0) is 3.58. The van der Waals surface area contributed by atoms with Gasteiger partial charge in [0.05, 0.1) is 0 Å². The molecule has 0 amide bonds. The Bertz CT molecular complexity index is 29.9. The number of carbonyl (C=O) groups is 1. The number of ketones is 1. The van der Waals surface area contributed by atoms with Gasteiger partial charge in [-0.2, -0.15) is 0 Å². The third kappa shape index (κ3) is 334. The average molecular weight is 108 g/mol. The molecule has 5 heavy (non-hydrogen) atoms. The fourth-order valence-corrected chi connectivity index (χ4v) is 0. The molecule has 0 N–H and O–H groups in total. The number of Topliss-reactive ketones (excluding diaryl/α,β-unsaturated/α-hetero) is 1. The van der Waals surface area contributed by atoms with Crippen molar-refractivity contribution in [3.8, 4) is 0 Å². The topological polar surface area (TPSA) is 17.1 Å². The van der Waals surface area contributed by atoms with Gasteiger partial charge < -0.3 is 4.79 Å². The molecule has 2 heteroatoms. The molecule has 0 unspecified atom stereocenters. The summed E-state index contributed by atoms with van der Waals surface area (Å²) in [6.45, 7) is 4.42. The monoisotopic (exact) mass is 108 g/mol. The van der Waals surface area contributed by atoms with Crippen LogP contribution in [0.5, 0.6) is 0 Å². The Morgan fingerprint density at radius 3 is 1.80 bits per heavy atom. The van der Waals surface area contributed by atoms with E-state index < -0.39 is 0 Å². The summed E-state index contributed by atoms with van der Waals surface area (Å²) in [4.78, 5) is 9.33. The Labute approximate surface area is 43.6 Å². The van der Waals surface area contributed by atoms with E-state index in [4.69, 9.17) is 0 Å². The van der Waals surface area contributed by atoms with E-state index in [1.165, 1.54) is 6.92 Å². The van der Waals surface area contributed by atoms with Crippen molar-refractivity contribution in [2.24, 2.45) is 0 Å². The smallest absolute Gasteiger partial charge is 0.130 e. The van der Waals surface area contributed by atoms with Gasteiger partial charge in [0.2, 0.25) is 0 Å². The summed E-state index contributed by atoms with van der Waals surface area (Å²) in [6.07, 6.45) is 0. The van der Waals surface area contributed by atoms with Crippen molar-refractivity contribution in [1.82, 2.24) is 0 Å². The molecule has 0 aliphatic rings. The molecule has 0 saturated heterocycles. The molecule has 0 fully saturated rings. The van der Waals surface area contributed by atoms with Gasteiger partial charge in [-0.05, 0) is 6.92 Å². The molecule has 0 aliphatic carbocycles. The van der Waals surface area contributed by atoms with E-state index in [1.54, 1.807) is 0 Å².